The third-order valence-corrected chi connectivity index (χ3v) is 6.63. The van der Waals surface area contributed by atoms with Crippen LogP contribution >= 0.6 is 22.9 Å². The third kappa shape index (κ3) is 4.86. The molecule has 0 spiro atoms. The minimum atomic E-state index is -0.291. The van der Waals surface area contributed by atoms with Gasteiger partial charge in [0.25, 0.3) is 11.8 Å². The van der Waals surface area contributed by atoms with Crippen LogP contribution in [0.3, 0.4) is 0 Å². The minimum Gasteiger partial charge on any atom is -0.497 e. The van der Waals surface area contributed by atoms with Crippen molar-refractivity contribution in [3.8, 4) is 5.75 Å². The summed E-state index contributed by atoms with van der Waals surface area (Å²) >= 11 is 7.46. The molecule has 0 bridgehead atoms. The summed E-state index contributed by atoms with van der Waals surface area (Å²) < 4.78 is 5.12. The lowest BCUT2D eigenvalue weighted by atomic mass is 9.97. The predicted octanol–water partition coefficient (Wildman–Crippen LogP) is 4.47. The van der Waals surface area contributed by atoms with Crippen LogP contribution in [0.4, 0.5) is 5.69 Å². The number of methoxy groups -OCH3 is 1. The fraction of sp³-hybridized carbons (Fsp3) is 0.273. The molecule has 0 atom stereocenters. The highest BCUT2D eigenvalue weighted by molar-refractivity contribution is 7.13. The lowest BCUT2D eigenvalue weighted by Crippen LogP contribution is -2.38. The first kappa shape index (κ1) is 21.3. The maximum absolute atomic E-state index is 12.7. The molecule has 2 heterocycles. The van der Waals surface area contributed by atoms with E-state index in [1.165, 1.54) is 11.3 Å². The minimum absolute atomic E-state index is 0.0547. The summed E-state index contributed by atoms with van der Waals surface area (Å²) in [5, 5.41) is 12.7. The Kier molecular flexibility index (Phi) is 6.48. The first-order chi connectivity index (χ1) is 15.0. The monoisotopic (exact) mass is 456 g/mol. The van der Waals surface area contributed by atoms with Crippen molar-refractivity contribution in [2.45, 2.75) is 18.8 Å². The van der Waals surface area contributed by atoms with E-state index >= 15 is 0 Å². The third-order valence-electron chi connectivity index (χ3n) is 5.22. The second-order valence-corrected chi connectivity index (χ2v) is 8.59. The summed E-state index contributed by atoms with van der Waals surface area (Å²) in [5.41, 5.74) is 1.19. The molecule has 2 amide bonds. The number of carbonyl (C=O) groups excluding carboxylic acids is 2. The molecule has 9 heteroatoms. The Morgan fingerprint density at radius 3 is 2.48 bits per heavy atom. The molecule has 1 aliphatic rings. The van der Waals surface area contributed by atoms with Crippen molar-refractivity contribution in [3.05, 3.63) is 69.1 Å². The second kappa shape index (κ2) is 9.45. The van der Waals surface area contributed by atoms with Crippen molar-refractivity contribution in [2.24, 2.45) is 0 Å². The standard InChI is InChI=1S/C22H21ClN4O3S/c1-30-16-8-6-15(7-9-16)24-19(28)21-26-25-20(31-21)14-10-12-27(13-11-14)22(29)17-4-2-3-5-18(17)23/h2-9,14H,10-13H2,1H3,(H,24,28). The number of aromatic nitrogens is 2. The van der Waals surface area contributed by atoms with Gasteiger partial charge in [0.15, 0.2) is 0 Å². The molecule has 160 valence electrons. The van der Waals surface area contributed by atoms with Crippen molar-refractivity contribution in [1.82, 2.24) is 15.1 Å². The first-order valence-corrected chi connectivity index (χ1v) is 11.1. The largest absolute Gasteiger partial charge is 0.497 e. The van der Waals surface area contributed by atoms with Gasteiger partial charge in [0.2, 0.25) is 5.01 Å². The van der Waals surface area contributed by atoms with Gasteiger partial charge in [-0.3, -0.25) is 9.59 Å². The zero-order chi connectivity index (χ0) is 21.8. The van der Waals surface area contributed by atoms with Crippen molar-refractivity contribution >= 4 is 40.4 Å². The Balaban J connectivity index is 1.35. The molecule has 4 rings (SSSR count). The lowest BCUT2D eigenvalue weighted by Gasteiger charge is -2.31. The molecular weight excluding hydrogens is 436 g/mol. The topological polar surface area (TPSA) is 84.4 Å². The van der Waals surface area contributed by atoms with E-state index in [0.717, 1.165) is 23.6 Å². The highest BCUT2D eigenvalue weighted by Gasteiger charge is 2.28. The summed E-state index contributed by atoms with van der Waals surface area (Å²) in [7, 11) is 1.59. The highest BCUT2D eigenvalue weighted by Crippen LogP contribution is 2.31. The van der Waals surface area contributed by atoms with Gasteiger partial charge in [-0.15, -0.1) is 10.2 Å². The molecule has 2 aromatic carbocycles. The average Bonchev–Trinajstić information content (AvgIpc) is 3.30. The Morgan fingerprint density at radius 2 is 1.81 bits per heavy atom. The molecule has 31 heavy (non-hydrogen) atoms. The zero-order valence-corrected chi connectivity index (χ0v) is 18.4. The number of ether oxygens (including phenoxy) is 1. The van der Waals surface area contributed by atoms with E-state index in [4.69, 9.17) is 16.3 Å². The average molecular weight is 457 g/mol. The van der Waals surface area contributed by atoms with Crippen LogP contribution in [0.15, 0.2) is 48.5 Å². The number of hydrogen-bond acceptors (Lipinski definition) is 6. The fourth-order valence-electron chi connectivity index (χ4n) is 3.48. The molecule has 1 aromatic heterocycles. The summed E-state index contributed by atoms with van der Waals surface area (Å²) in [6.45, 7) is 1.23. The van der Waals surface area contributed by atoms with Gasteiger partial charge >= 0.3 is 0 Å². The smallest absolute Gasteiger partial charge is 0.286 e. The van der Waals surface area contributed by atoms with Crippen LogP contribution in [0.1, 0.15) is 43.9 Å². The highest BCUT2D eigenvalue weighted by atomic mass is 35.5. The normalized spacial score (nSPS) is 14.3. The van der Waals surface area contributed by atoms with Crippen LogP contribution in [-0.2, 0) is 0 Å². The first-order valence-electron chi connectivity index (χ1n) is 9.88. The number of halogens is 1. The van der Waals surface area contributed by atoms with Crippen LogP contribution in [0, 0.1) is 0 Å². The number of hydrogen-bond donors (Lipinski definition) is 1. The second-order valence-electron chi connectivity index (χ2n) is 7.17. The van der Waals surface area contributed by atoms with E-state index in [1.54, 1.807) is 43.5 Å². The van der Waals surface area contributed by atoms with Crippen molar-refractivity contribution in [3.63, 3.8) is 0 Å². The van der Waals surface area contributed by atoms with Crippen molar-refractivity contribution < 1.29 is 14.3 Å². The van der Waals surface area contributed by atoms with E-state index in [1.807, 2.05) is 17.0 Å². The van der Waals surface area contributed by atoms with E-state index in [9.17, 15) is 9.59 Å². The summed E-state index contributed by atoms with van der Waals surface area (Å²) in [5.74, 6) is 0.548. The van der Waals surface area contributed by atoms with Crippen molar-refractivity contribution in [1.29, 1.82) is 0 Å². The van der Waals surface area contributed by atoms with E-state index in [-0.39, 0.29) is 17.7 Å². The van der Waals surface area contributed by atoms with E-state index in [2.05, 4.69) is 15.5 Å². The van der Waals surface area contributed by atoms with Crippen LogP contribution in [0.2, 0.25) is 5.02 Å². The number of amides is 2. The Morgan fingerprint density at radius 1 is 1.10 bits per heavy atom. The quantitative estimate of drug-likeness (QED) is 0.612. The van der Waals surface area contributed by atoms with Gasteiger partial charge in [-0.1, -0.05) is 35.1 Å². The van der Waals surface area contributed by atoms with Crippen LogP contribution in [-0.4, -0.2) is 47.1 Å². The van der Waals surface area contributed by atoms with Gasteiger partial charge < -0.3 is 15.0 Å². The molecule has 1 fully saturated rings. The van der Waals surface area contributed by atoms with Gasteiger partial charge in [0, 0.05) is 24.7 Å². The van der Waals surface area contributed by atoms with Gasteiger partial charge in [-0.2, -0.15) is 0 Å². The van der Waals surface area contributed by atoms with Gasteiger partial charge in [-0.25, -0.2) is 0 Å². The molecule has 0 saturated carbocycles. The molecule has 1 N–H and O–H groups in total. The Hall–Kier alpha value is -2.97. The van der Waals surface area contributed by atoms with E-state index < -0.39 is 0 Å². The summed E-state index contributed by atoms with van der Waals surface area (Å²) in [6, 6.07) is 14.2. The lowest BCUT2D eigenvalue weighted by molar-refractivity contribution is 0.0713. The number of anilines is 1. The maximum Gasteiger partial charge on any atom is 0.286 e. The number of likely N-dealkylation sites (tertiary alicyclic amines) is 1. The maximum atomic E-state index is 12.7. The molecule has 1 aliphatic heterocycles. The zero-order valence-electron chi connectivity index (χ0n) is 16.9. The Bertz CT molecular complexity index is 1080. The molecule has 3 aromatic rings. The van der Waals surface area contributed by atoms with Gasteiger partial charge in [0.05, 0.1) is 17.7 Å². The van der Waals surface area contributed by atoms with Crippen LogP contribution in [0.5, 0.6) is 5.75 Å². The number of benzene rings is 2. The van der Waals surface area contributed by atoms with Crippen molar-refractivity contribution in [2.75, 3.05) is 25.5 Å². The number of nitrogens with one attached hydrogen (secondary N) is 1. The number of carbonyl (C=O) groups is 2. The van der Waals surface area contributed by atoms with Crippen LogP contribution < -0.4 is 10.1 Å². The molecular formula is C22H21ClN4O3S. The number of nitrogens with zero attached hydrogens (tertiary/aromatic N) is 3. The molecule has 1 saturated heterocycles. The predicted molar refractivity (Wildman–Crippen MR) is 120 cm³/mol. The molecule has 0 aliphatic carbocycles. The number of rotatable bonds is 5. The van der Waals surface area contributed by atoms with Gasteiger partial charge in [-0.05, 0) is 49.2 Å². The number of piperidine rings is 1. The van der Waals surface area contributed by atoms with Crippen LogP contribution in [0.25, 0.3) is 0 Å². The molecule has 0 unspecified atom stereocenters. The summed E-state index contributed by atoms with van der Waals surface area (Å²) in [4.78, 5) is 27.0. The summed E-state index contributed by atoms with van der Waals surface area (Å²) in [6.07, 6.45) is 1.54. The molecule has 7 nitrogen and oxygen atoms in total. The van der Waals surface area contributed by atoms with Gasteiger partial charge in [0.1, 0.15) is 10.8 Å². The Labute approximate surface area is 189 Å². The fourth-order valence-corrected chi connectivity index (χ4v) is 4.61. The SMILES string of the molecule is COc1ccc(NC(=O)c2nnc(C3CCN(C(=O)c4ccccc4Cl)CC3)s2)cc1. The molecule has 0 radical (unpaired) electrons. The van der Waals surface area contributed by atoms with E-state index in [0.29, 0.717) is 34.4 Å².